The Morgan fingerprint density at radius 2 is 1.45 bits per heavy atom. The van der Waals surface area contributed by atoms with Crippen LogP contribution in [-0.4, -0.2) is 51.1 Å². The molecule has 1 heterocycles. The van der Waals surface area contributed by atoms with Crippen molar-refractivity contribution in [2.24, 2.45) is 0 Å². The van der Waals surface area contributed by atoms with Crippen LogP contribution in [0.1, 0.15) is 6.92 Å². The molecule has 0 amide bonds. The van der Waals surface area contributed by atoms with Gasteiger partial charge in [-0.1, -0.05) is 0 Å². The van der Waals surface area contributed by atoms with Crippen LogP contribution < -0.4 is 0 Å². The van der Waals surface area contributed by atoms with Crippen molar-refractivity contribution < 1.29 is 25.2 Å². The van der Waals surface area contributed by atoms with Gasteiger partial charge < -0.3 is 25.2 Å². The van der Waals surface area contributed by atoms with Crippen LogP contribution in [0, 0.1) is 0 Å². The summed E-state index contributed by atoms with van der Waals surface area (Å²) in [4.78, 5) is 0. The number of ether oxygens (including phenoxy) is 1. The Morgan fingerprint density at radius 3 is 2.00 bits per heavy atom. The minimum atomic E-state index is -1.43. The number of aliphatic hydroxyl groups excluding tert-OH is 4. The van der Waals surface area contributed by atoms with Gasteiger partial charge in [-0.25, -0.2) is 0 Å². The minimum absolute atomic E-state index is 0.664. The van der Waals surface area contributed by atoms with E-state index in [9.17, 15) is 0 Å². The van der Waals surface area contributed by atoms with E-state index in [1.54, 1.807) is 0 Å². The summed E-state index contributed by atoms with van der Waals surface area (Å²) >= 11 is 0. The SMILES string of the molecule is CC1O[C@H](O)[C@H](O)[C@@H](O)[C@H]1O. The molecular formula is C6H12O5. The van der Waals surface area contributed by atoms with Crippen LogP contribution in [0.4, 0.5) is 0 Å². The second-order valence-corrected chi connectivity index (χ2v) is 2.70. The van der Waals surface area contributed by atoms with Crippen molar-refractivity contribution in [2.45, 2.75) is 37.6 Å². The molecule has 1 saturated heterocycles. The summed E-state index contributed by atoms with van der Waals surface area (Å²) in [6.07, 6.45) is -5.99. The van der Waals surface area contributed by atoms with Crippen LogP contribution in [0.5, 0.6) is 0 Å². The van der Waals surface area contributed by atoms with Gasteiger partial charge >= 0.3 is 0 Å². The molecule has 0 aliphatic carbocycles. The molecule has 0 spiro atoms. The molecule has 0 radical (unpaired) electrons. The summed E-state index contributed by atoms with van der Waals surface area (Å²) in [5.41, 5.74) is 0. The molecule has 4 N–H and O–H groups in total. The van der Waals surface area contributed by atoms with E-state index in [1.165, 1.54) is 6.92 Å². The van der Waals surface area contributed by atoms with Crippen LogP contribution in [0.25, 0.3) is 0 Å². The third-order valence-electron chi connectivity index (χ3n) is 1.83. The highest BCUT2D eigenvalue weighted by atomic mass is 16.6. The Balaban J connectivity index is 2.63. The van der Waals surface area contributed by atoms with Gasteiger partial charge in [0.1, 0.15) is 18.3 Å². The minimum Gasteiger partial charge on any atom is -0.388 e. The number of hydrogen-bond acceptors (Lipinski definition) is 5. The van der Waals surface area contributed by atoms with Gasteiger partial charge in [0.15, 0.2) is 6.29 Å². The van der Waals surface area contributed by atoms with Gasteiger partial charge in [0.2, 0.25) is 0 Å². The predicted octanol–water partition coefficient (Wildman–Crippen LogP) is -2.19. The molecule has 66 valence electrons. The van der Waals surface area contributed by atoms with Crippen molar-refractivity contribution in [3.63, 3.8) is 0 Å². The fourth-order valence-electron chi connectivity index (χ4n) is 1.03. The normalized spacial score (nSPS) is 52.6. The molecule has 5 atom stereocenters. The molecule has 1 fully saturated rings. The average Bonchev–Trinajstić information content (AvgIpc) is 1.97. The summed E-state index contributed by atoms with van der Waals surface area (Å²) in [5.74, 6) is 0. The van der Waals surface area contributed by atoms with Crippen LogP contribution in [-0.2, 0) is 4.74 Å². The van der Waals surface area contributed by atoms with Crippen molar-refractivity contribution in [1.29, 1.82) is 0 Å². The fourth-order valence-corrected chi connectivity index (χ4v) is 1.03. The van der Waals surface area contributed by atoms with Crippen molar-refractivity contribution >= 4 is 0 Å². The third kappa shape index (κ3) is 1.52. The highest BCUT2D eigenvalue weighted by molar-refractivity contribution is 4.86. The van der Waals surface area contributed by atoms with Crippen molar-refractivity contribution in [3.8, 4) is 0 Å². The fraction of sp³-hybridized carbons (Fsp3) is 1.00. The van der Waals surface area contributed by atoms with Crippen LogP contribution in [0.3, 0.4) is 0 Å². The molecule has 5 heteroatoms. The van der Waals surface area contributed by atoms with Crippen LogP contribution in [0.15, 0.2) is 0 Å². The lowest BCUT2D eigenvalue weighted by molar-refractivity contribution is -0.277. The summed E-state index contributed by atoms with van der Waals surface area (Å²) in [6, 6.07) is 0. The first-order valence-corrected chi connectivity index (χ1v) is 3.41. The molecule has 0 aromatic heterocycles. The summed E-state index contributed by atoms with van der Waals surface area (Å²) < 4.78 is 4.68. The zero-order valence-corrected chi connectivity index (χ0v) is 6.08. The highest BCUT2D eigenvalue weighted by Crippen LogP contribution is 2.18. The van der Waals surface area contributed by atoms with Gasteiger partial charge in [0.25, 0.3) is 0 Å². The topological polar surface area (TPSA) is 90.2 Å². The first-order valence-electron chi connectivity index (χ1n) is 3.41. The molecule has 0 bridgehead atoms. The van der Waals surface area contributed by atoms with Gasteiger partial charge in [0, 0.05) is 0 Å². The molecule has 1 unspecified atom stereocenters. The maximum absolute atomic E-state index is 9.09. The van der Waals surface area contributed by atoms with E-state index in [2.05, 4.69) is 4.74 Å². The van der Waals surface area contributed by atoms with E-state index < -0.39 is 30.7 Å². The van der Waals surface area contributed by atoms with Crippen molar-refractivity contribution in [3.05, 3.63) is 0 Å². The van der Waals surface area contributed by atoms with E-state index in [4.69, 9.17) is 20.4 Å². The Labute approximate surface area is 63.8 Å². The zero-order chi connectivity index (χ0) is 8.59. The molecule has 11 heavy (non-hydrogen) atoms. The Kier molecular flexibility index (Phi) is 2.46. The Morgan fingerprint density at radius 1 is 0.909 bits per heavy atom. The van der Waals surface area contributed by atoms with Crippen molar-refractivity contribution in [2.75, 3.05) is 0 Å². The van der Waals surface area contributed by atoms with Crippen LogP contribution >= 0.6 is 0 Å². The second kappa shape index (κ2) is 3.04. The number of aliphatic hydroxyl groups is 4. The van der Waals surface area contributed by atoms with E-state index in [-0.39, 0.29) is 0 Å². The lowest BCUT2D eigenvalue weighted by Gasteiger charge is -2.36. The first-order chi connectivity index (χ1) is 5.04. The number of hydrogen-bond donors (Lipinski definition) is 4. The maximum Gasteiger partial charge on any atom is 0.183 e. The second-order valence-electron chi connectivity index (χ2n) is 2.70. The molecule has 1 aliphatic rings. The predicted molar refractivity (Wildman–Crippen MR) is 34.6 cm³/mol. The summed E-state index contributed by atoms with van der Waals surface area (Å²) in [6.45, 7) is 1.50. The standard InChI is InChI=1S/C6H12O5/c1-2-3(7)4(8)5(9)6(10)11-2/h2-10H,1H3/t2?,3-,4-,5+,6-/m0/s1. The molecule has 0 aromatic carbocycles. The molecule has 0 saturated carbocycles. The molecule has 5 nitrogen and oxygen atoms in total. The molecule has 1 aliphatic heterocycles. The van der Waals surface area contributed by atoms with Gasteiger partial charge in [-0.05, 0) is 6.92 Å². The number of rotatable bonds is 0. The van der Waals surface area contributed by atoms with Gasteiger partial charge in [-0.3, -0.25) is 0 Å². The average molecular weight is 164 g/mol. The highest BCUT2D eigenvalue weighted by Gasteiger charge is 2.40. The van der Waals surface area contributed by atoms with E-state index in [0.29, 0.717) is 0 Å². The smallest absolute Gasteiger partial charge is 0.183 e. The van der Waals surface area contributed by atoms with Gasteiger partial charge in [0.05, 0.1) is 6.10 Å². The molecular weight excluding hydrogens is 152 g/mol. The van der Waals surface area contributed by atoms with E-state index >= 15 is 0 Å². The molecule has 1 rings (SSSR count). The monoisotopic (exact) mass is 164 g/mol. The lowest BCUT2D eigenvalue weighted by Crippen LogP contribution is -2.56. The largest absolute Gasteiger partial charge is 0.388 e. The first kappa shape index (κ1) is 8.89. The Bertz CT molecular complexity index is 125. The van der Waals surface area contributed by atoms with E-state index in [0.717, 1.165) is 0 Å². The Hall–Kier alpha value is -0.200. The van der Waals surface area contributed by atoms with E-state index in [1.807, 2.05) is 0 Å². The van der Waals surface area contributed by atoms with Gasteiger partial charge in [-0.15, -0.1) is 0 Å². The summed E-state index contributed by atoms with van der Waals surface area (Å²) in [7, 11) is 0. The third-order valence-corrected chi connectivity index (χ3v) is 1.83. The lowest BCUT2D eigenvalue weighted by atomic mass is 10.0. The van der Waals surface area contributed by atoms with Gasteiger partial charge in [-0.2, -0.15) is 0 Å². The summed E-state index contributed by atoms with van der Waals surface area (Å²) in [5, 5.41) is 36.0. The molecule has 0 aromatic rings. The van der Waals surface area contributed by atoms with Crippen molar-refractivity contribution in [1.82, 2.24) is 0 Å². The van der Waals surface area contributed by atoms with Crippen LogP contribution in [0.2, 0.25) is 0 Å². The quantitative estimate of drug-likeness (QED) is 0.326. The maximum atomic E-state index is 9.09. The zero-order valence-electron chi connectivity index (χ0n) is 6.08.